The predicted molar refractivity (Wildman–Crippen MR) is 96.4 cm³/mol. The summed E-state index contributed by atoms with van der Waals surface area (Å²) < 4.78 is 5.84. The van der Waals surface area contributed by atoms with Crippen molar-refractivity contribution in [2.24, 2.45) is 0 Å². The molecule has 0 bridgehead atoms. The second-order valence-corrected chi connectivity index (χ2v) is 6.56. The summed E-state index contributed by atoms with van der Waals surface area (Å²) in [6, 6.07) is 15.6. The van der Waals surface area contributed by atoms with Crippen molar-refractivity contribution in [3.05, 3.63) is 64.7 Å². The molecule has 2 aromatic rings. The zero-order chi connectivity index (χ0) is 16.9. The molecule has 1 N–H and O–H groups in total. The molecule has 1 amide bonds. The maximum absolute atomic E-state index is 12.7. The number of fused-ring (bicyclic) bond motifs is 1. The molecule has 0 fully saturated rings. The van der Waals surface area contributed by atoms with Gasteiger partial charge in [-0.15, -0.1) is 0 Å². The highest BCUT2D eigenvalue weighted by Gasteiger charge is 2.25. The van der Waals surface area contributed by atoms with Crippen LogP contribution < -0.4 is 10.1 Å². The summed E-state index contributed by atoms with van der Waals surface area (Å²) in [5, 5.41) is 3.76. The molecule has 0 aromatic heterocycles. The minimum Gasteiger partial charge on any atom is -0.481 e. The fourth-order valence-corrected chi connectivity index (χ4v) is 3.38. The molecule has 0 saturated carbocycles. The van der Waals surface area contributed by atoms with Gasteiger partial charge in [-0.2, -0.15) is 0 Å². The minimum atomic E-state index is -0.516. The van der Waals surface area contributed by atoms with Crippen LogP contribution in [0.1, 0.15) is 43.4 Å². The first kappa shape index (κ1) is 16.8. The van der Waals surface area contributed by atoms with Gasteiger partial charge in [0.05, 0.1) is 6.04 Å². The van der Waals surface area contributed by atoms with Crippen LogP contribution in [0.25, 0.3) is 0 Å². The third-order valence-corrected chi connectivity index (χ3v) is 4.66. The van der Waals surface area contributed by atoms with E-state index in [1.165, 1.54) is 11.1 Å². The van der Waals surface area contributed by atoms with E-state index < -0.39 is 6.10 Å². The number of ether oxygens (including phenoxy) is 1. The Hall–Kier alpha value is -2.00. The Morgan fingerprint density at radius 2 is 2.12 bits per heavy atom. The predicted octanol–water partition coefficient (Wildman–Crippen LogP) is 4.69. The van der Waals surface area contributed by atoms with Crippen LogP contribution in [0.15, 0.2) is 48.5 Å². The average molecular weight is 344 g/mol. The highest BCUT2D eigenvalue weighted by atomic mass is 35.5. The van der Waals surface area contributed by atoms with Gasteiger partial charge < -0.3 is 10.1 Å². The fourth-order valence-electron chi connectivity index (χ4n) is 3.20. The molecule has 3 rings (SSSR count). The van der Waals surface area contributed by atoms with Crippen molar-refractivity contribution >= 4 is 17.5 Å². The quantitative estimate of drug-likeness (QED) is 0.855. The molecule has 0 unspecified atom stereocenters. The number of carbonyl (C=O) groups is 1. The Balaban J connectivity index is 1.69. The summed E-state index contributed by atoms with van der Waals surface area (Å²) in [6.45, 7) is 1.95. The number of rotatable bonds is 5. The van der Waals surface area contributed by atoms with Crippen LogP contribution in [-0.2, 0) is 11.2 Å². The molecule has 1 aliphatic rings. The number of hydrogen-bond acceptors (Lipinski definition) is 2. The van der Waals surface area contributed by atoms with Crippen LogP contribution in [0, 0.1) is 0 Å². The minimum absolute atomic E-state index is 0.0689. The number of carbonyl (C=O) groups excluding carboxylic acids is 1. The molecular weight excluding hydrogens is 322 g/mol. The fraction of sp³-hybridized carbons (Fsp3) is 0.350. The van der Waals surface area contributed by atoms with E-state index in [-0.39, 0.29) is 11.9 Å². The molecule has 0 aliphatic heterocycles. The largest absolute Gasteiger partial charge is 0.481 e. The van der Waals surface area contributed by atoms with Crippen LogP contribution in [0.4, 0.5) is 0 Å². The van der Waals surface area contributed by atoms with Gasteiger partial charge in [0.25, 0.3) is 5.91 Å². The van der Waals surface area contributed by atoms with Crippen LogP contribution >= 0.6 is 11.6 Å². The number of hydrogen-bond donors (Lipinski definition) is 1. The van der Waals surface area contributed by atoms with Crippen molar-refractivity contribution in [1.29, 1.82) is 0 Å². The van der Waals surface area contributed by atoms with Crippen LogP contribution in [0.5, 0.6) is 5.75 Å². The standard InChI is InChI=1S/C20H22ClNO2/c1-2-19(24-16-10-6-9-15(21)13-16)20(23)22-18-12-5-8-14-7-3-4-11-17(14)18/h3-4,6-7,9-11,13,18-19H,2,5,8,12H2,1H3,(H,22,23)/t18-,19-/m1/s1. The van der Waals surface area contributed by atoms with Crippen molar-refractivity contribution in [2.75, 3.05) is 0 Å². The third-order valence-electron chi connectivity index (χ3n) is 4.42. The van der Waals surface area contributed by atoms with Gasteiger partial charge in [-0.3, -0.25) is 4.79 Å². The molecule has 0 heterocycles. The van der Waals surface area contributed by atoms with Gasteiger partial charge in [-0.1, -0.05) is 48.9 Å². The summed E-state index contributed by atoms with van der Waals surface area (Å²) in [4.78, 5) is 12.7. The number of halogens is 1. The molecule has 0 saturated heterocycles. The Morgan fingerprint density at radius 3 is 2.92 bits per heavy atom. The van der Waals surface area contributed by atoms with E-state index in [2.05, 4.69) is 23.5 Å². The first-order valence-corrected chi connectivity index (χ1v) is 8.85. The lowest BCUT2D eigenvalue weighted by molar-refractivity contribution is -0.129. The zero-order valence-electron chi connectivity index (χ0n) is 13.8. The zero-order valence-corrected chi connectivity index (χ0v) is 14.6. The van der Waals surface area contributed by atoms with Gasteiger partial charge in [-0.05, 0) is 55.0 Å². The molecule has 3 nitrogen and oxygen atoms in total. The normalized spacial score (nSPS) is 17.7. The van der Waals surface area contributed by atoms with E-state index in [0.717, 1.165) is 19.3 Å². The smallest absolute Gasteiger partial charge is 0.261 e. The van der Waals surface area contributed by atoms with Gasteiger partial charge in [0.2, 0.25) is 0 Å². The van der Waals surface area contributed by atoms with Crippen molar-refractivity contribution in [3.63, 3.8) is 0 Å². The monoisotopic (exact) mass is 343 g/mol. The average Bonchev–Trinajstić information content (AvgIpc) is 2.60. The van der Waals surface area contributed by atoms with Crippen LogP contribution in [0.2, 0.25) is 5.02 Å². The van der Waals surface area contributed by atoms with Gasteiger partial charge in [0.1, 0.15) is 5.75 Å². The number of amides is 1. The Bertz CT molecular complexity index is 716. The highest BCUT2D eigenvalue weighted by molar-refractivity contribution is 6.30. The summed E-state index contributed by atoms with van der Waals surface area (Å²) >= 11 is 5.98. The van der Waals surface area contributed by atoms with Crippen molar-refractivity contribution in [1.82, 2.24) is 5.32 Å². The van der Waals surface area contributed by atoms with Crippen molar-refractivity contribution in [2.45, 2.75) is 44.8 Å². The molecular formula is C20H22ClNO2. The molecule has 4 heteroatoms. The van der Waals surface area contributed by atoms with E-state index in [1.54, 1.807) is 12.1 Å². The Kier molecular flexibility index (Phi) is 5.41. The SMILES string of the molecule is CC[C@@H](Oc1cccc(Cl)c1)C(=O)N[C@@H]1CCCc2ccccc21. The molecule has 0 spiro atoms. The van der Waals surface area contributed by atoms with E-state index in [4.69, 9.17) is 16.3 Å². The van der Waals surface area contributed by atoms with Crippen LogP contribution in [-0.4, -0.2) is 12.0 Å². The van der Waals surface area contributed by atoms with E-state index in [1.807, 2.05) is 25.1 Å². The third kappa shape index (κ3) is 3.90. The van der Waals surface area contributed by atoms with E-state index in [9.17, 15) is 4.79 Å². The van der Waals surface area contributed by atoms with E-state index in [0.29, 0.717) is 17.2 Å². The lowest BCUT2D eigenvalue weighted by Gasteiger charge is -2.28. The second kappa shape index (κ2) is 7.71. The molecule has 24 heavy (non-hydrogen) atoms. The maximum atomic E-state index is 12.7. The number of benzene rings is 2. The summed E-state index contributed by atoms with van der Waals surface area (Å²) in [6.07, 6.45) is 3.23. The molecule has 0 radical (unpaired) electrons. The maximum Gasteiger partial charge on any atom is 0.261 e. The summed E-state index contributed by atoms with van der Waals surface area (Å²) in [5.74, 6) is 0.549. The van der Waals surface area contributed by atoms with Gasteiger partial charge in [-0.25, -0.2) is 0 Å². The molecule has 126 valence electrons. The first-order valence-electron chi connectivity index (χ1n) is 8.47. The highest BCUT2D eigenvalue weighted by Crippen LogP contribution is 2.29. The topological polar surface area (TPSA) is 38.3 Å². The molecule has 2 atom stereocenters. The number of nitrogens with one attached hydrogen (secondary N) is 1. The van der Waals surface area contributed by atoms with Crippen LogP contribution in [0.3, 0.4) is 0 Å². The Labute approximate surface area is 148 Å². The van der Waals surface area contributed by atoms with Gasteiger partial charge in [0.15, 0.2) is 6.10 Å². The summed E-state index contributed by atoms with van der Waals surface area (Å²) in [5.41, 5.74) is 2.56. The van der Waals surface area contributed by atoms with Crippen molar-refractivity contribution in [3.8, 4) is 5.75 Å². The lowest BCUT2D eigenvalue weighted by atomic mass is 9.87. The summed E-state index contributed by atoms with van der Waals surface area (Å²) in [7, 11) is 0. The van der Waals surface area contributed by atoms with Gasteiger partial charge in [0, 0.05) is 5.02 Å². The van der Waals surface area contributed by atoms with Gasteiger partial charge >= 0.3 is 0 Å². The van der Waals surface area contributed by atoms with Crippen molar-refractivity contribution < 1.29 is 9.53 Å². The van der Waals surface area contributed by atoms with E-state index >= 15 is 0 Å². The second-order valence-electron chi connectivity index (χ2n) is 6.12. The lowest BCUT2D eigenvalue weighted by Crippen LogP contribution is -2.40. The Morgan fingerprint density at radius 1 is 1.29 bits per heavy atom. The molecule has 1 aliphatic carbocycles. The first-order chi connectivity index (χ1) is 11.7. The molecule has 2 aromatic carbocycles. The number of aryl methyl sites for hydroxylation is 1.